The van der Waals surface area contributed by atoms with E-state index in [1.807, 2.05) is 4.90 Å². The van der Waals surface area contributed by atoms with Crippen LogP contribution in [-0.4, -0.2) is 25.7 Å². The van der Waals surface area contributed by atoms with Gasteiger partial charge in [-0.25, -0.2) is 13.2 Å². The molecule has 0 spiro atoms. The Hall–Kier alpha value is -1.23. The van der Waals surface area contributed by atoms with E-state index < -0.39 is 17.5 Å². The van der Waals surface area contributed by atoms with E-state index in [0.29, 0.717) is 25.0 Å². The summed E-state index contributed by atoms with van der Waals surface area (Å²) < 4.78 is 40.4. The molecule has 1 unspecified atom stereocenters. The van der Waals surface area contributed by atoms with Gasteiger partial charge in [0.25, 0.3) is 0 Å². The number of anilines is 1. The van der Waals surface area contributed by atoms with Gasteiger partial charge in [0.15, 0.2) is 17.5 Å². The van der Waals surface area contributed by atoms with Crippen molar-refractivity contribution in [3.63, 3.8) is 0 Å². The van der Waals surface area contributed by atoms with Crippen molar-refractivity contribution in [3.8, 4) is 0 Å². The molecule has 1 N–H and O–H groups in total. The van der Waals surface area contributed by atoms with Crippen LogP contribution in [-0.2, 0) is 0 Å². The Morgan fingerprint density at radius 2 is 1.76 bits per heavy atom. The highest BCUT2D eigenvalue weighted by molar-refractivity contribution is 5.49. The molecule has 0 aromatic heterocycles. The first kappa shape index (κ1) is 14.7. The number of benzene rings is 1. The Kier molecular flexibility index (Phi) is 4.38. The summed E-state index contributed by atoms with van der Waals surface area (Å²) in [6, 6.07) is 2.66. The highest BCUT2D eigenvalue weighted by atomic mass is 19.2. The van der Waals surface area contributed by atoms with E-state index in [4.69, 9.17) is 0 Å². The van der Waals surface area contributed by atoms with E-state index in [-0.39, 0.29) is 5.69 Å². The molecule has 0 amide bonds. The van der Waals surface area contributed by atoms with Crippen molar-refractivity contribution in [2.45, 2.75) is 38.1 Å². The van der Waals surface area contributed by atoms with Crippen LogP contribution < -0.4 is 10.2 Å². The highest BCUT2D eigenvalue weighted by Gasteiger charge is 2.29. The van der Waals surface area contributed by atoms with E-state index in [0.717, 1.165) is 12.6 Å². The molecule has 116 valence electrons. The summed E-state index contributed by atoms with van der Waals surface area (Å²) in [6.45, 7) is 2.03. The number of halogens is 3. The Bertz CT molecular complexity index is 501. The smallest absolute Gasteiger partial charge is 0.196 e. The van der Waals surface area contributed by atoms with Crippen molar-refractivity contribution >= 4 is 5.69 Å². The third-order valence-electron chi connectivity index (χ3n) is 4.78. The molecule has 21 heavy (non-hydrogen) atoms. The summed E-state index contributed by atoms with van der Waals surface area (Å²) in [5.41, 5.74) is 0.177. The van der Waals surface area contributed by atoms with Crippen LogP contribution in [0.25, 0.3) is 0 Å². The fraction of sp³-hybridized carbons (Fsp3) is 0.625. The van der Waals surface area contributed by atoms with Crippen LogP contribution in [0.15, 0.2) is 12.1 Å². The van der Waals surface area contributed by atoms with Crippen molar-refractivity contribution in [1.82, 2.24) is 5.32 Å². The Balaban J connectivity index is 1.75. The van der Waals surface area contributed by atoms with Gasteiger partial charge in [0.05, 0.1) is 5.69 Å². The predicted octanol–water partition coefficient (Wildman–Crippen LogP) is 3.46. The first-order valence-corrected chi connectivity index (χ1v) is 7.78. The van der Waals surface area contributed by atoms with Crippen LogP contribution in [0, 0.1) is 23.4 Å². The molecule has 2 nitrogen and oxygen atoms in total. The number of nitrogens with one attached hydrogen (secondary N) is 1. The van der Waals surface area contributed by atoms with E-state index >= 15 is 0 Å². The summed E-state index contributed by atoms with van der Waals surface area (Å²) in [4.78, 5) is 1.84. The van der Waals surface area contributed by atoms with Crippen molar-refractivity contribution in [2.24, 2.45) is 5.92 Å². The first-order chi connectivity index (χ1) is 10.2. The maximum atomic E-state index is 13.9. The lowest BCUT2D eigenvalue weighted by Gasteiger charge is -2.40. The van der Waals surface area contributed by atoms with E-state index in [2.05, 4.69) is 5.32 Å². The van der Waals surface area contributed by atoms with Crippen LogP contribution in [0.5, 0.6) is 0 Å². The lowest BCUT2D eigenvalue weighted by Crippen LogP contribution is -2.54. The van der Waals surface area contributed by atoms with Gasteiger partial charge in [-0.2, -0.15) is 0 Å². The number of nitrogens with zero attached hydrogens (tertiary/aromatic N) is 1. The van der Waals surface area contributed by atoms with Gasteiger partial charge in [-0.3, -0.25) is 0 Å². The Morgan fingerprint density at radius 3 is 2.52 bits per heavy atom. The second-order valence-electron chi connectivity index (χ2n) is 6.10. The minimum absolute atomic E-state index is 0.177. The van der Waals surface area contributed by atoms with Gasteiger partial charge in [0.2, 0.25) is 0 Å². The quantitative estimate of drug-likeness (QED) is 0.841. The molecule has 1 atom stereocenters. The van der Waals surface area contributed by atoms with Crippen molar-refractivity contribution < 1.29 is 13.2 Å². The summed E-state index contributed by atoms with van der Waals surface area (Å²) in [7, 11) is 0. The van der Waals surface area contributed by atoms with Crippen molar-refractivity contribution in [3.05, 3.63) is 29.6 Å². The summed E-state index contributed by atoms with van der Waals surface area (Å²) in [6.07, 6.45) is 6.20. The molecule has 2 aliphatic rings. The van der Waals surface area contributed by atoms with Gasteiger partial charge < -0.3 is 10.2 Å². The maximum Gasteiger partial charge on any atom is 0.196 e. The van der Waals surface area contributed by atoms with E-state index in [1.165, 1.54) is 38.2 Å². The fourth-order valence-corrected chi connectivity index (χ4v) is 3.61. The number of hydrogen-bond donors (Lipinski definition) is 1. The number of piperazine rings is 1. The van der Waals surface area contributed by atoms with Crippen LogP contribution >= 0.6 is 0 Å². The minimum Gasteiger partial charge on any atom is -0.366 e. The average Bonchev–Trinajstić information content (AvgIpc) is 2.54. The largest absolute Gasteiger partial charge is 0.366 e. The zero-order valence-electron chi connectivity index (χ0n) is 12.0. The van der Waals surface area contributed by atoms with Gasteiger partial charge in [0, 0.05) is 25.7 Å². The third kappa shape index (κ3) is 3.03. The lowest BCUT2D eigenvalue weighted by molar-refractivity contribution is 0.256. The second kappa shape index (κ2) is 6.26. The fourth-order valence-electron chi connectivity index (χ4n) is 3.61. The molecule has 1 aromatic rings. The second-order valence-corrected chi connectivity index (χ2v) is 6.10. The van der Waals surface area contributed by atoms with E-state index in [1.54, 1.807) is 0 Å². The monoisotopic (exact) mass is 298 g/mol. The van der Waals surface area contributed by atoms with Crippen LogP contribution in [0.1, 0.15) is 32.1 Å². The Morgan fingerprint density at radius 1 is 1.00 bits per heavy atom. The summed E-state index contributed by atoms with van der Waals surface area (Å²) in [5.74, 6) is -2.97. The molecule has 1 heterocycles. The molecule has 0 bridgehead atoms. The third-order valence-corrected chi connectivity index (χ3v) is 4.78. The highest BCUT2D eigenvalue weighted by Crippen LogP contribution is 2.30. The number of hydrogen-bond acceptors (Lipinski definition) is 2. The molecule has 1 aliphatic heterocycles. The lowest BCUT2D eigenvalue weighted by atomic mass is 9.83. The molecule has 1 aromatic carbocycles. The molecule has 3 rings (SSSR count). The molecular formula is C16H21F3N2. The SMILES string of the molecule is Fc1ccc(N2CCNC(C3CCCCC3)C2)c(F)c1F. The minimum atomic E-state index is -1.37. The summed E-state index contributed by atoms with van der Waals surface area (Å²) >= 11 is 0. The van der Waals surface area contributed by atoms with Gasteiger partial charge >= 0.3 is 0 Å². The average molecular weight is 298 g/mol. The molecule has 5 heteroatoms. The summed E-state index contributed by atoms with van der Waals surface area (Å²) in [5, 5.41) is 3.50. The van der Waals surface area contributed by atoms with Crippen molar-refractivity contribution in [1.29, 1.82) is 0 Å². The topological polar surface area (TPSA) is 15.3 Å². The molecule has 2 fully saturated rings. The van der Waals surface area contributed by atoms with Gasteiger partial charge in [0.1, 0.15) is 0 Å². The molecule has 1 aliphatic carbocycles. The molecule has 0 radical (unpaired) electrons. The van der Waals surface area contributed by atoms with Gasteiger partial charge in [-0.1, -0.05) is 19.3 Å². The van der Waals surface area contributed by atoms with Crippen LogP contribution in [0.3, 0.4) is 0 Å². The zero-order chi connectivity index (χ0) is 14.8. The van der Waals surface area contributed by atoms with Crippen LogP contribution in [0.4, 0.5) is 18.9 Å². The first-order valence-electron chi connectivity index (χ1n) is 7.78. The standard InChI is InChI=1S/C16H21F3N2/c17-12-6-7-14(16(19)15(12)18)21-9-8-20-13(10-21)11-4-2-1-3-5-11/h6-7,11,13,20H,1-5,8-10H2. The van der Waals surface area contributed by atoms with Crippen molar-refractivity contribution in [2.75, 3.05) is 24.5 Å². The van der Waals surface area contributed by atoms with Gasteiger partial charge in [-0.15, -0.1) is 0 Å². The normalized spacial score (nSPS) is 24.3. The molecular weight excluding hydrogens is 277 g/mol. The number of rotatable bonds is 2. The van der Waals surface area contributed by atoms with Gasteiger partial charge in [-0.05, 0) is 30.9 Å². The Labute approximate surface area is 123 Å². The van der Waals surface area contributed by atoms with E-state index in [9.17, 15) is 13.2 Å². The molecule has 1 saturated heterocycles. The maximum absolute atomic E-state index is 13.9. The predicted molar refractivity (Wildman–Crippen MR) is 76.9 cm³/mol. The molecule has 1 saturated carbocycles. The zero-order valence-corrected chi connectivity index (χ0v) is 12.0. The van der Waals surface area contributed by atoms with Crippen LogP contribution in [0.2, 0.25) is 0 Å².